The number of carbonyl (C=O) groups excluding carboxylic acids is 2. The number of amides is 2. The molecule has 0 unspecified atom stereocenters. The summed E-state index contributed by atoms with van der Waals surface area (Å²) in [5.74, 6) is 0.880. The van der Waals surface area contributed by atoms with Crippen LogP contribution in [0.15, 0.2) is 15.9 Å². The second-order valence-corrected chi connectivity index (χ2v) is 8.99. The van der Waals surface area contributed by atoms with Gasteiger partial charge in [-0.1, -0.05) is 11.8 Å². The van der Waals surface area contributed by atoms with E-state index in [1.54, 1.807) is 16.2 Å². The second-order valence-electron chi connectivity index (χ2n) is 5.40. The number of halogens is 1. The molecular formula is C14H18BrN3O2S2. The van der Waals surface area contributed by atoms with E-state index in [1.807, 2.05) is 4.90 Å². The zero-order chi connectivity index (χ0) is 15.5. The standard InChI is InChI=1S/C14H18BrN3O2S2/c15-12-2-1-11(22-12)9-16-3-5-17(6-4-16)13(19)10-18-7-8-21-14(18)20/h1-2H,3-10H2. The maximum atomic E-state index is 12.3. The molecule has 5 nitrogen and oxygen atoms in total. The highest BCUT2D eigenvalue weighted by atomic mass is 79.9. The molecule has 0 aromatic carbocycles. The molecule has 0 aliphatic carbocycles. The lowest BCUT2D eigenvalue weighted by Gasteiger charge is -2.35. The summed E-state index contributed by atoms with van der Waals surface area (Å²) in [6.07, 6.45) is 0. The summed E-state index contributed by atoms with van der Waals surface area (Å²) in [6.45, 7) is 5.17. The molecule has 0 N–H and O–H groups in total. The van der Waals surface area contributed by atoms with E-state index in [0.29, 0.717) is 6.54 Å². The van der Waals surface area contributed by atoms with Gasteiger partial charge in [-0.2, -0.15) is 0 Å². The summed E-state index contributed by atoms with van der Waals surface area (Å²) in [4.78, 5) is 31.1. The van der Waals surface area contributed by atoms with E-state index in [0.717, 1.165) is 42.3 Å². The molecule has 0 spiro atoms. The third-order valence-corrected chi connectivity index (χ3v) is 6.40. The molecule has 0 bridgehead atoms. The summed E-state index contributed by atoms with van der Waals surface area (Å²) in [6, 6.07) is 4.22. The quantitative estimate of drug-likeness (QED) is 0.773. The van der Waals surface area contributed by atoms with Gasteiger partial charge in [0.1, 0.15) is 6.54 Å². The summed E-state index contributed by atoms with van der Waals surface area (Å²) in [5.41, 5.74) is 0. The van der Waals surface area contributed by atoms with E-state index in [1.165, 1.54) is 16.6 Å². The van der Waals surface area contributed by atoms with Crippen molar-refractivity contribution >= 4 is 50.2 Å². The van der Waals surface area contributed by atoms with Crippen molar-refractivity contribution in [2.75, 3.05) is 45.0 Å². The van der Waals surface area contributed by atoms with E-state index in [4.69, 9.17) is 0 Å². The Kier molecular flexibility index (Phi) is 5.43. The van der Waals surface area contributed by atoms with Crippen LogP contribution in [-0.4, -0.2) is 70.9 Å². The molecule has 22 heavy (non-hydrogen) atoms. The Morgan fingerprint density at radius 2 is 1.95 bits per heavy atom. The van der Waals surface area contributed by atoms with Gasteiger partial charge in [-0.3, -0.25) is 14.5 Å². The number of piperazine rings is 1. The lowest BCUT2D eigenvalue weighted by molar-refractivity contribution is -0.133. The molecule has 2 saturated heterocycles. The number of rotatable bonds is 4. The summed E-state index contributed by atoms with van der Waals surface area (Å²) in [7, 11) is 0. The van der Waals surface area contributed by atoms with Crippen molar-refractivity contribution in [2.24, 2.45) is 0 Å². The first-order valence-electron chi connectivity index (χ1n) is 7.28. The molecule has 120 valence electrons. The first kappa shape index (κ1) is 16.3. The fraction of sp³-hybridized carbons (Fsp3) is 0.571. The average Bonchev–Trinajstić information content (AvgIpc) is 3.09. The predicted molar refractivity (Wildman–Crippen MR) is 93.3 cm³/mol. The number of thioether (sulfide) groups is 1. The zero-order valence-corrected chi connectivity index (χ0v) is 15.4. The highest BCUT2D eigenvalue weighted by molar-refractivity contribution is 9.11. The van der Waals surface area contributed by atoms with Crippen LogP contribution in [0.1, 0.15) is 4.88 Å². The Hall–Kier alpha value is -0.570. The van der Waals surface area contributed by atoms with Crippen LogP contribution in [0.2, 0.25) is 0 Å². The minimum atomic E-state index is 0.0373. The fourth-order valence-corrected chi connectivity index (χ4v) is 5.00. The van der Waals surface area contributed by atoms with Gasteiger partial charge in [0.15, 0.2) is 0 Å². The van der Waals surface area contributed by atoms with E-state index >= 15 is 0 Å². The van der Waals surface area contributed by atoms with Crippen LogP contribution in [0.25, 0.3) is 0 Å². The molecule has 2 aliphatic rings. The third-order valence-electron chi connectivity index (χ3n) is 3.90. The predicted octanol–water partition coefficient (Wildman–Crippen LogP) is 2.32. The highest BCUT2D eigenvalue weighted by Crippen LogP contribution is 2.23. The van der Waals surface area contributed by atoms with Crippen molar-refractivity contribution in [3.05, 3.63) is 20.8 Å². The SMILES string of the molecule is O=C(CN1CCSC1=O)N1CCN(Cc2ccc(Br)s2)CC1. The summed E-state index contributed by atoms with van der Waals surface area (Å²) in [5, 5.41) is 0.0373. The van der Waals surface area contributed by atoms with Crippen molar-refractivity contribution in [2.45, 2.75) is 6.54 Å². The number of carbonyl (C=O) groups is 2. The summed E-state index contributed by atoms with van der Waals surface area (Å²) >= 11 is 6.55. The average molecular weight is 404 g/mol. The fourth-order valence-electron chi connectivity index (χ4n) is 2.65. The molecular weight excluding hydrogens is 386 g/mol. The van der Waals surface area contributed by atoms with E-state index in [-0.39, 0.29) is 17.7 Å². The molecule has 1 aromatic rings. The van der Waals surface area contributed by atoms with Gasteiger partial charge in [-0.15, -0.1) is 11.3 Å². The van der Waals surface area contributed by atoms with E-state index in [9.17, 15) is 9.59 Å². The van der Waals surface area contributed by atoms with Crippen molar-refractivity contribution in [3.63, 3.8) is 0 Å². The Labute approximate surface area is 146 Å². The van der Waals surface area contributed by atoms with E-state index < -0.39 is 0 Å². The van der Waals surface area contributed by atoms with Gasteiger partial charge in [-0.05, 0) is 28.1 Å². The first-order valence-corrected chi connectivity index (χ1v) is 9.87. The number of hydrogen-bond donors (Lipinski definition) is 0. The minimum Gasteiger partial charge on any atom is -0.339 e. The molecule has 0 radical (unpaired) electrons. The van der Waals surface area contributed by atoms with Crippen molar-refractivity contribution < 1.29 is 9.59 Å². The van der Waals surface area contributed by atoms with Gasteiger partial charge in [0.2, 0.25) is 5.91 Å². The van der Waals surface area contributed by atoms with Gasteiger partial charge in [0, 0.05) is 49.9 Å². The molecule has 8 heteroatoms. The first-order chi connectivity index (χ1) is 10.6. The lowest BCUT2D eigenvalue weighted by Crippen LogP contribution is -2.50. The molecule has 0 atom stereocenters. The van der Waals surface area contributed by atoms with Crippen LogP contribution >= 0.6 is 39.0 Å². The Bertz CT molecular complexity index is 558. The zero-order valence-electron chi connectivity index (χ0n) is 12.2. The van der Waals surface area contributed by atoms with Crippen molar-refractivity contribution in [3.8, 4) is 0 Å². The Morgan fingerprint density at radius 1 is 1.18 bits per heavy atom. The normalized spacial score (nSPS) is 20.0. The molecule has 0 saturated carbocycles. The third kappa shape index (κ3) is 4.04. The molecule has 1 aromatic heterocycles. The number of nitrogens with zero attached hydrogens (tertiary/aromatic N) is 3. The van der Waals surface area contributed by atoms with Crippen molar-refractivity contribution in [1.29, 1.82) is 0 Å². The van der Waals surface area contributed by atoms with Crippen LogP contribution in [0.3, 0.4) is 0 Å². The van der Waals surface area contributed by atoms with Crippen LogP contribution < -0.4 is 0 Å². The van der Waals surface area contributed by atoms with Gasteiger partial charge in [-0.25, -0.2) is 0 Å². The van der Waals surface area contributed by atoms with Crippen LogP contribution in [0, 0.1) is 0 Å². The maximum absolute atomic E-state index is 12.3. The van der Waals surface area contributed by atoms with Crippen molar-refractivity contribution in [1.82, 2.24) is 14.7 Å². The molecule has 2 fully saturated rings. The van der Waals surface area contributed by atoms with E-state index in [2.05, 4.69) is 33.0 Å². The largest absolute Gasteiger partial charge is 0.339 e. The maximum Gasteiger partial charge on any atom is 0.282 e. The smallest absolute Gasteiger partial charge is 0.282 e. The lowest BCUT2D eigenvalue weighted by atomic mass is 10.3. The minimum absolute atomic E-state index is 0.0373. The molecule has 2 aliphatic heterocycles. The second kappa shape index (κ2) is 7.33. The highest BCUT2D eigenvalue weighted by Gasteiger charge is 2.27. The summed E-state index contributed by atoms with van der Waals surface area (Å²) < 4.78 is 1.16. The van der Waals surface area contributed by atoms with Crippen LogP contribution in [-0.2, 0) is 11.3 Å². The number of thiophene rings is 1. The van der Waals surface area contributed by atoms with Gasteiger partial charge >= 0.3 is 0 Å². The molecule has 3 heterocycles. The van der Waals surface area contributed by atoms with Crippen LogP contribution in [0.4, 0.5) is 4.79 Å². The van der Waals surface area contributed by atoms with Crippen LogP contribution in [0.5, 0.6) is 0 Å². The Balaban J connectivity index is 1.44. The number of hydrogen-bond acceptors (Lipinski definition) is 5. The molecule has 3 rings (SSSR count). The monoisotopic (exact) mass is 403 g/mol. The van der Waals surface area contributed by atoms with Gasteiger partial charge in [0.05, 0.1) is 3.79 Å². The Morgan fingerprint density at radius 3 is 2.55 bits per heavy atom. The molecule has 2 amide bonds. The topological polar surface area (TPSA) is 43.9 Å². The van der Waals surface area contributed by atoms with Gasteiger partial charge < -0.3 is 9.80 Å². The van der Waals surface area contributed by atoms with Gasteiger partial charge in [0.25, 0.3) is 5.24 Å².